The molecule has 0 aliphatic carbocycles. The summed E-state index contributed by atoms with van der Waals surface area (Å²) in [6.45, 7) is 1.83. The van der Waals surface area contributed by atoms with E-state index in [-0.39, 0.29) is 10.8 Å². The third kappa shape index (κ3) is 2.73. The summed E-state index contributed by atoms with van der Waals surface area (Å²) in [6.07, 6.45) is 1.74. The second-order valence-corrected chi connectivity index (χ2v) is 3.56. The zero-order valence-electron chi connectivity index (χ0n) is 8.63. The number of phenolic OH excluding ortho intramolecular Hbond substituents is 1. The van der Waals surface area contributed by atoms with Gasteiger partial charge in [-0.1, -0.05) is 11.6 Å². The van der Waals surface area contributed by atoms with Gasteiger partial charge in [0.05, 0.1) is 10.7 Å². The Balaban J connectivity index is 3.02. The van der Waals surface area contributed by atoms with Crippen LogP contribution in [0.15, 0.2) is 30.0 Å². The molecule has 4 heteroatoms. The molecule has 0 aliphatic heterocycles. The Morgan fingerprint density at radius 3 is 2.73 bits per heavy atom. The van der Waals surface area contributed by atoms with Gasteiger partial charge in [0.2, 0.25) is 0 Å². The molecule has 0 aromatic heterocycles. The molecular formula is C11H13ClN2O. The third-order valence-corrected chi connectivity index (χ3v) is 2.29. The fourth-order valence-electron chi connectivity index (χ4n) is 1.18. The molecule has 0 spiro atoms. The molecule has 3 nitrogen and oxygen atoms in total. The van der Waals surface area contributed by atoms with Crippen molar-refractivity contribution < 1.29 is 5.11 Å². The van der Waals surface area contributed by atoms with Crippen LogP contribution in [0, 0.1) is 5.41 Å². The summed E-state index contributed by atoms with van der Waals surface area (Å²) >= 11 is 5.76. The lowest BCUT2D eigenvalue weighted by Crippen LogP contribution is -2.05. The second kappa shape index (κ2) is 4.84. The van der Waals surface area contributed by atoms with Crippen LogP contribution in [0.4, 0.5) is 0 Å². The summed E-state index contributed by atoms with van der Waals surface area (Å²) in [4.78, 5) is 0. The van der Waals surface area contributed by atoms with E-state index in [1.807, 2.05) is 6.92 Å². The molecular weight excluding hydrogens is 212 g/mol. The number of benzene rings is 1. The fraction of sp³-hybridized carbons (Fsp3) is 0.182. The molecule has 0 fully saturated rings. The van der Waals surface area contributed by atoms with Gasteiger partial charge in [0.15, 0.2) is 0 Å². The molecule has 3 N–H and O–H groups in total. The van der Waals surface area contributed by atoms with E-state index in [2.05, 4.69) is 5.32 Å². The molecule has 15 heavy (non-hydrogen) atoms. The highest BCUT2D eigenvalue weighted by Crippen LogP contribution is 2.24. The first-order chi connectivity index (χ1) is 7.06. The molecule has 0 bridgehead atoms. The van der Waals surface area contributed by atoms with Crippen LogP contribution in [0.2, 0.25) is 5.02 Å². The van der Waals surface area contributed by atoms with Crippen molar-refractivity contribution in [2.24, 2.45) is 0 Å². The Morgan fingerprint density at radius 2 is 2.20 bits per heavy atom. The Bertz CT molecular complexity index is 413. The van der Waals surface area contributed by atoms with E-state index < -0.39 is 0 Å². The Kier molecular flexibility index (Phi) is 3.74. The lowest BCUT2D eigenvalue weighted by Gasteiger charge is -2.06. The van der Waals surface area contributed by atoms with Crippen LogP contribution in [0.5, 0.6) is 5.75 Å². The average molecular weight is 225 g/mol. The quantitative estimate of drug-likeness (QED) is 0.691. The minimum absolute atomic E-state index is 0.0310. The van der Waals surface area contributed by atoms with Crippen molar-refractivity contribution in [3.63, 3.8) is 0 Å². The highest BCUT2D eigenvalue weighted by atomic mass is 35.5. The zero-order valence-corrected chi connectivity index (χ0v) is 9.39. The van der Waals surface area contributed by atoms with Crippen molar-refractivity contribution in [3.05, 3.63) is 40.6 Å². The van der Waals surface area contributed by atoms with E-state index in [1.165, 1.54) is 6.07 Å². The monoisotopic (exact) mass is 224 g/mol. The first kappa shape index (κ1) is 11.6. The summed E-state index contributed by atoms with van der Waals surface area (Å²) in [7, 11) is 1.78. The lowest BCUT2D eigenvalue weighted by atomic mass is 10.0. The zero-order chi connectivity index (χ0) is 11.4. The van der Waals surface area contributed by atoms with E-state index in [0.29, 0.717) is 11.3 Å². The molecule has 1 aromatic carbocycles. The molecule has 1 aromatic rings. The van der Waals surface area contributed by atoms with Gasteiger partial charge in [-0.25, -0.2) is 0 Å². The van der Waals surface area contributed by atoms with E-state index in [4.69, 9.17) is 17.0 Å². The van der Waals surface area contributed by atoms with E-state index in [9.17, 15) is 5.11 Å². The SMILES string of the molecule is CN/C=C(/C)C(=N)c1ccc(O)c(Cl)c1. The molecule has 1 rings (SSSR count). The first-order valence-electron chi connectivity index (χ1n) is 4.48. The van der Waals surface area contributed by atoms with Gasteiger partial charge in [0, 0.05) is 18.8 Å². The molecule has 0 saturated heterocycles. The first-order valence-corrected chi connectivity index (χ1v) is 4.86. The van der Waals surface area contributed by atoms with Gasteiger partial charge in [-0.15, -0.1) is 0 Å². The average Bonchev–Trinajstić information content (AvgIpc) is 2.21. The van der Waals surface area contributed by atoms with E-state index in [1.54, 1.807) is 25.4 Å². The van der Waals surface area contributed by atoms with Crippen molar-refractivity contribution in [2.45, 2.75) is 6.92 Å². The van der Waals surface area contributed by atoms with Crippen molar-refractivity contribution in [1.29, 1.82) is 5.41 Å². The summed E-state index contributed by atoms with van der Waals surface area (Å²) in [5.74, 6) is 0.0310. The number of hydrogen-bond acceptors (Lipinski definition) is 3. The highest BCUT2D eigenvalue weighted by Gasteiger charge is 2.06. The molecule has 0 unspecified atom stereocenters. The number of aromatic hydroxyl groups is 1. The topological polar surface area (TPSA) is 56.1 Å². The Hall–Kier alpha value is -1.48. The number of hydrogen-bond donors (Lipinski definition) is 3. The number of halogens is 1. The van der Waals surface area contributed by atoms with Gasteiger partial charge < -0.3 is 10.4 Å². The van der Waals surface area contributed by atoms with E-state index in [0.717, 1.165) is 5.57 Å². The van der Waals surface area contributed by atoms with Crippen molar-refractivity contribution in [3.8, 4) is 5.75 Å². The Labute approximate surface area is 93.9 Å². The van der Waals surface area contributed by atoms with Crippen LogP contribution < -0.4 is 5.32 Å². The van der Waals surface area contributed by atoms with Gasteiger partial charge in [0.1, 0.15) is 5.75 Å². The van der Waals surface area contributed by atoms with Gasteiger partial charge in [-0.3, -0.25) is 5.41 Å². The molecule has 0 saturated carbocycles. The predicted molar refractivity (Wildman–Crippen MR) is 62.8 cm³/mol. The van der Waals surface area contributed by atoms with Crippen LogP contribution in [-0.2, 0) is 0 Å². The van der Waals surface area contributed by atoms with Gasteiger partial charge >= 0.3 is 0 Å². The van der Waals surface area contributed by atoms with Crippen LogP contribution in [0.25, 0.3) is 0 Å². The van der Waals surface area contributed by atoms with Crippen LogP contribution in [0.1, 0.15) is 12.5 Å². The predicted octanol–water partition coefficient (Wildman–Crippen LogP) is 2.54. The minimum Gasteiger partial charge on any atom is -0.506 e. The molecule has 0 radical (unpaired) electrons. The number of phenols is 1. The smallest absolute Gasteiger partial charge is 0.134 e. The number of rotatable bonds is 3. The van der Waals surface area contributed by atoms with Crippen LogP contribution >= 0.6 is 11.6 Å². The van der Waals surface area contributed by atoms with Gasteiger partial charge in [0.25, 0.3) is 0 Å². The normalized spacial score (nSPS) is 11.3. The summed E-state index contributed by atoms with van der Waals surface area (Å²) in [5.41, 5.74) is 1.87. The third-order valence-electron chi connectivity index (χ3n) is 1.99. The Morgan fingerprint density at radius 1 is 1.53 bits per heavy atom. The molecule has 80 valence electrons. The molecule has 0 aliphatic rings. The van der Waals surface area contributed by atoms with Crippen molar-refractivity contribution >= 4 is 17.3 Å². The second-order valence-electron chi connectivity index (χ2n) is 3.16. The lowest BCUT2D eigenvalue weighted by molar-refractivity contribution is 0.475. The van der Waals surface area contributed by atoms with Gasteiger partial charge in [-0.2, -0.15) is 0 Å². The van der Waals surface area contributed by atoms with E-state index >= 15 is 0 Å². The summed E-state index contributed by atoms with van der Waals surface area (Å²) in [5, 5.41) is 20.2. The molecule has 0 heterocycles. The fourth-order valence-corrected chi connectivity index (χ4v) is 1.36. The maximum Gasteiger partial charge on any atom is 0.134 e. The van der Waals surface area contributed by atoms with Crippen LogP contribution in [0.3, 0.4) is 0 Å². The number of nitrogens with one attached hydrogen (secondary N) is 2. The largest absolute Gasteiger partial charge is 0.506 e. The highest BCUT2D eigenvalue weighted by molar-refractivity contribution is 6.32. The molecule has 0 atom stereocenters. The molecule has 0 amide bonds. The van der Waals surface area contributed by atoms with Crippen LogP contribution in [-0.4, -0.2) is 17.9 Å². The van der Waals surface area contributed by atoms with Crippen molar-refractivity contribution in [2.75, 3.05) is 7.05 Å². The summed E-state index contributed by atoms with van der Waals surface area (Å²) < 4.78 is 0. The summed E-state index contributed by atoms with van der Waals surface area (Å²) in [6, 6.07) is 4.72. The number of allylic oxidation sites excluding steroid dienone is 1. The maximum absolute atomic E-state index is 9.24. The van der Waals surface area contributed by atoms with Gasteiger partial charge in [-0.05, 0) is 30.7 Å². The van der Waals surface area contributed by atoms with Crippen molar-refractivity contribution in [1.82, 2.24) is 5.32 Å². The maximum atomic E-state index is 9.24. The minimum atomic E-state index is 0.0310. The standard InChI is InChI=1S/C11H13ClN2O/c1-7(6-14-2)11(13)8-3-4-10(15)9(12)5-8/h3-6,13-15H,1-2H3/b7-6-,13-11?.